The minimum Gasteiger partial charge on any atom is -0.357 e. The number of nitrogens with one attached hydrogen (secondary N) is 2. The van der Waals surface area contributed by atoms with E-state index in [0.29, 0.717) is 35.4 Å². The van der Waals surface area contributed by atoms with Crippen molar-refractivity contribution in [2.24, 2.45) is 7.05 Å². The molecule has 1 fully saturated rings. The predicted octanol–water partition coefficient (Wildman–Crippen LogP) is 1.83. The number of aromatic nitrogens is 7. The van der Waals surface area contributed by atoms with E-state index in [1.807, 2.05) is 31.4 Å². The van der Waals surface area contributed by atoms with E-state index < -0.39 is 0 Å². The highest BCUT2D eigenvalue weighted by Gasteiger charge is 2.21. The topological polar surface area (TPSA) is 111 Å². The van der Waals surface area contributed by atoms with E-state index in [1.165, 1.54) is 0 Å². The first-order chi connectivity index (χ1) is 16.5. The zero-order chi connectivity index (χ0) is 23.7. The first kappa shape index (κ1) is 21.8. The molecule has 176 valence electrons. The van der Waals surface area contributed by atoms with Gasteiger partial charge in [-0.05, 0) is 38.1 Å². The summed E-state index contributed by atoms with van der Waals surface area (Å²) in [6, 6.07) is 6.25. The molecule has 1 aliphatic rings. The van der Waals surface area contributed by atoms with Gasteiger partial charge < -0.3 is 15.5 Å². The maximum absolute atomic E-state index is 13.2. The van der Waals surface area contributed by atoms with Crippen LogP contribution in [0.25, 0.3) is 16.9 Å². The van der Waals surface area contributed by atoms with Crippen molar-refractivity contribution in [3.05, 3.63) is 59.8 Å². The number of rotatable bonds is 7. The Bertz CT molecular complexity index is 1380. The van der Waals surface area contributed by atoms with Crippen molar-refractivity contribution < 1.29 is 0 Å². The largest absolute Gasteiger partial charge is 0.357 e. The third kappa shape index (κ3) is 4.05. The lowest BCUT2D eigenvalue weighted by Gasteiger charge is -2.32. The van der Waals surface area contributed by atoms with Crippen LogP contribution in [0.15, 0.2) is 54.2 Å². The molecule has 0 amide bonds. The van der Waals surface area contributed by atoms with Crippen molar-refractivity contribution >= 4 is 28.5 Å². The third-order valence-corrected chi connectivity index (χ3v) is 6.09. The molecule has 1 saturated heterocycles. The van der Waals surface area contributed by atoms with Gasteiger partial charge in [-0.25, -0.2) is 19.3 Å². The van der Waals surface area contributed by atoms with Gasteiger partial charge in [-0.1, -0.05) is 12.1 Å². The maximum Gasteiger partial charge on any atom is 0.278 e. The van der Waals surface area contributed by atoms with E-state index in [9.17, 15) is 4.79 Å². The van der Waals surface area contributed by atoms with Crippen LogP contribution in [-0.2, 0) is 13.6 Å². The first-order valence-electron chi connectivity index (χ1n) is 11.3. The Hall–Kier alpha value is -3.99. The second kappa shape index (κ2) is 9.10. The Morgan fingerprint density at radius 1 is 1.26 bits per heavy atom. The number of anilines is 3. The average Bonchev–Trinajstić information content (AvgIpc) is 3.39. The zero-order valence-corrected chi connectivity index (χ0v) is 19.3. The number of nitrogens with zero attached hydrogens (tertiary/aromatic N) is 8. The number of aryl methyl sites for hydroxylation is 1. The van der Waals surface area contributed by atoms with Gasteiger partial charge in [0.1, 0.15) is 11.2 Å². The summed E-state index contributed by atoms with van der Waals surface area (Å²) < 4.78 is 5.01. The fourth-order valence-corrected chi connectivity index (χ4v) is 4.33. The summed E-state index contributed by atoms with van der Waals surface area (Å²) in [5.41, 5.74) is 1.04. The molecular formula is C23H28N10O. The lowest BCUT2D eigenvalue weighted by Crippen LogP contribution is -2.41. The van der Waals surface area contributed by atoms with Crippen LogP contribution in [0.2, 0.25) is 0 Å². The molecule has 4 aromatic heterocycles. The molecule has 0 radical (unpaired) electrons. The SMILES string of the molecule is C=CCn1c(=O)c2cnc(Nc3cnn(C)c3)nc2n1-c1cccc(N(C)C2CCNCC2)n1. The number of pyridine rings is 1. The van der Waals surface area contributed by atoms with Gasteiger partial charge in [-0.2, -0.15) is 10.1 Å². The van der Waals surface area contributed by atoms with Crippen LogP contribution in [0.3, 0.4) is 0 Å². The van der Waals surface area contributed by atoms with Crippen LogP contribution in [-0.4, -0.2) is 60.3 Å². The van der Waals surface area contributed by atoms with Gasteiger partial charge in [0.25, 0.3) is 5.56 Å². The molecule has 0 bridgehead atoms. The van der Waals surface area contributed by atoms with E-state index in [-0.39, 0.29) is 5.56 Å². The quantitative estimate of drug-likeness (QED) is 0.402. The fourth-order valence-electron chi connectivity index (χ4n) is 4.33. The number of hydrogen-bond acceptors (Lipinski definition) is 8. The summed E-state index contributed by atoms with van der Waals surface area (Å²) in [7, 11) is 3.91. The monoisotopic (exact) mass is 460 g/mol. The average molecular weight is 461 g/mol. The molecule has 0 unspecified atom stereocenters. The second-order valence-electron chi connectivity index (χ2n) is 8.39. The van der Waals surface area contributed by atoms with Gasteiger partial charge in [-0.3, -0.25) is 9.48 Å². The lowest BCUT2D eigenvalue weighted by atomic mass is 10.1. The summed E-state index contributed by atoms with van der Waals surface area (Å²) in [6.45, 7) is 6.13. The van der Waals surface area contributed by atoms with Gasteiger partial charge in [0.05, 0.1) is 18.4 Å². The van der Waals surface area contributed by atoms with Crippen molar-refractivity contribution in [2.45, 2.75) is 25.4 Å². The van der Waals surface area contributed by atoms with Gasteiger partial charge in [0.2, 0.25) is 5.95 Å². The molecule has 11 heteroatoms. The van der Waals surface area contributed by atoms with E-state index in [4.69, 9.17) is 4.98 Å². The zero-order valence-electron chi connectivity index (χ0n) is 19.3. The molecule has 2 N–H and O–H groups in total. The predicted molar refractivity (Wildman–Crippen MR) is 132 cm³/mol. The summed E-state index contributed by atoms with van der Waals surface area (Å²) in [5.74, 6) is 1.83. The molecule has 1 aliphatic heterocycles. The standard InChI is InChI=1S/C23H28N10O/c1-4-12-32-22(34)18-14-25-23(27-16-13-26-30(2)15-16)29-21(18)33(32)20-7-5-6-19(28-20)31(3)17-8-10-24-11-9-17/h4-7,13-15,17,24H,1,8-12H2,2-3H3,(H,25,27,29). The fraction of sp³-hybridized carbons (Fsp3) is 0.348. The molecule has 0 aromatic carbocycles. The molecule has 34 heavy (non-hydrogen) atoms. The van der Waals surface area contributed by atoms with Crippen LogP contribution >= 0.6 is 0 Å². The number of piperidine rings is 1. The molecule has 0 aliphatic carbocycles. The highest BCUT2D eigenvalue weighted by molar-refractivity contribution is 5.77. The van der Waals surface area contributed by atoms with Crippen LogP contribution in [0.5, 0.6) is 0 Å². The van der Waals surface area contributed by atoms with Crippen molar-refractivity contribution in [1.82, 2.24) is 39.4 Å². The number of hydrogen-bond donors (Lipinski definition) is 2. The highest BCUT2D eigenvalue weighted by Crippen LogP contribution is 2.22. The van der Waals surface area contributed by atoms with Crippen molar-refractivity contribution in [1.29, 1.82) is 0 Å². The Morgan fingerprint density at radius 3 is 2.82 bits per heavy atom. The minimum absolute atomic E-state index is 0.193. The van der Waals surface area contributed by atoms with Crippen LogP contribution in [0, 0.1) is 0 Å². The maximum atomic E-state index is 13.2. The van der Waals surface area contributed by atoms with Crippen molar-refractivity contribution in [2.75, 3.05) is 30.4 Å². The minimum atomic E-state index is -0.193. The van der Waals surface area contributed by atoms with Crippen LogP contribution < -0.4 is 21.1 Å². The van der Waals surface area contributed by atoms with E-state index in [0.717, 1.165) is 37.4 Å². The molecule has 11 nitrogen and oxygen atoms in total. The Kier molecular flexibility index (Phi) is 5.84. The Balaban J connectivity index is 1.59. The molecule has 0 atom stereocenters. The van der Waals surface area contributed by atoms with Gasteiger partial charge >= 0.3 is 0 Å². The van der Waals surface area contributed by atoms with Crippen LogP contribution in [0.1, 0.15) is 12.8 Å². The Morgan fingerprint density at radius 2 is 2.09 bits per heavy atom. The van der Waals surface area contributed by atoms with E-state index >= 15 is 0 Å². The summed E-state index contributed by atoms with van der Waals surface area (Å²) in [5, 5.41) is 11.1. The second-order valence-corrected chi connectivity index (χ2v) is 8.39. The summed E-state index contributed by atoms with van der Waals surface area (Å²) in [4.78, 5) is 29.3. The molecule has 5 rings (SSSR count). The molecule has 0 saturated carbocycles. The van der Waals surface area contributed by atoms with E-state index in [2.05, 4.69) is 44.2 Å². The van der Waals surface area contributed by atoms with E-state index in [1.54, 1.807) is 32.5 Å². The summed E-state index contributed by atoms with van der Waals surface area (Å²) >= 11 is 0. The molecule has 4 aromatic rings. The highest BCUT2D eigenvalue weighted by atomic mass is 16.1. The van der Waals surface area contributed by atoms with Gasteiger partial charge in [-0.15, -0.1) is 6.58 Å². The first-order valence-corrected chi connectivity index (χ1v) is 11.3. The van der Waals surface area contributed by atoms with Gasteiger partial charge in [0, 0.05) is 32.5 Å². The lowest BCUT2D eigenvalue weighted by molar-refractivity contribution is 0.441. The van der Waals surface area contributed by atoms with Crippen molar-refractivity contribution in [3.8, 4) is 5.82 Å². The Labute approximate surface area is 196 Å². The van der Waals surface area contributed by atoms with Crippen molar-refractivity contribution in [3.63, 3.8) is 0 Å². The third-order valence-electron chi connectivity index (χ3n) is 6.09. The smallest absolute Gasteiger partial charge is 0.278 e. The van der Waals surface area contributed by atoms with Gasteiger partial charge in [0.15, 0.2) is 11.5 Å². The summed E-state index contributed by atoms with van der Waals surface area (Å²) in [6.07, 6.45) is 8.87. The number of fused-ring (bicyclic) bond motifs is 1. The van der Waals surface area contributed by atoms with Crippen LogP contribution in [0.4, 0.5) is 17.5 Å². The normalized spacial score (nSPS) is 14.4. The molecule has 0 spiro atoms. The number of allylic oxidation sites excluding steroid dienone is 1. The molecule has 5 heterocycles. The molecular weight excluding hydrogens is 432 g/mol.